The molecule has 0 fully saturated rings. The Hall–Kier alpha value is 0.390. The monoisotopic (exact) mass is 258 g/mol. The number of rotatable bonds is 0. The van der Waals surface area contributed by atoms with E-state index in [0.29, 0.717) is 5.13 Å². The number of thiazole rings is 1. The molecular weight excluding hydrogens is 256 g/mol. The van der Waals surface area contributed by atoms with E-state index in [9.17, 15) is 0 Å². The van der Waals surface area contributed by atoms with Crippen LogP contribution in [-0.4, -0.2) is 4.98 Å². The van der Waals surface area contributed by atoms with Crippen molar-refractivity contribution in [2.24, 2.45) is 0 Å². The zero-order chi connectivity index (χ0) is 5.28. The quantitative estimate of drug-likeness (QED) is 0.775. The van der Waals surface area contributed by atoms with E-state index < -0.39 is 0 Å². The second-order valence-corrected chi connectivity index (χ2v) is 2.71. The molecule has 1 heterocycles. The molecule has 0 spiro atoms. The summed E-state index contributed by atoms with van der Waals surface area (Å²) in [5.41, 5.74) is 5.26. The Kier molecular flexibility index (Phi) is 3.59. The second kappa shape index (κ2) is 3.42. The van der Waals surface area contributed by atoms with Crippen LogP contribution in [0.2, 0.25) is 0 Å². The molecule has 0 aliphatic heterocycles. The Morgan fingerprint density at radius 3 is 2.50 bits per heavy atom. The number of halogens is 2. The highest BCUT2D eigenvalue weighted by molar-refractivity contribution is 9.10. The number of hydrogen-bond acceptors (Lipinski definition) is 3. The van der Waals surface area contributed by atoms with Crippen molar-refractivity contribution in [3.05, 3.63) is 9.98 Å². The number of hydrogen-bond donors (Lipinski definition) is 1. The number of aromatic nitrogens is 1. The molecule has 1 aromatic rings. The highest BCUT2D eigenvalue weighted by Gasteiger charge is 1.88. The Labute approximate surface area is 70.0 Å². The molecule has 0 amide bonds. The van der Waals surface area contributed by atoms with E-state index in [-0.39, 0.29) is 17.0 Å². The molecule has 1 rings (SSSR count). The van der Waals surface area contributed by atoms with Crippen LogP contribution < -0.4 is 5.73 Å². The molecule has 0 radical (unpaired) electrons. The minimum Gasteiger partial charge on any atom is -0.375 e. The van der Waals surface area contributed by atoms with Gasteiger partial charge in [0.05, 0.1) is 0 Å². The van der Waals surface area contributed by atoms with Crippen LogP contribution in [0.25, 0.3) is 0 Å². The molecule has 0 aliphatic carbocycles. The zero-order valence-electron chi connectivity index (χ0n) is 3.80. The summed E-state index contributed by atoms with van der Waals surface area (Å²) in [7, 11) is 0. The first-order valence-electron chi connectivity index (χ1n) is 1.65. The molecule has 0 atom stereocenters. The van der Waals surface area contributed by atoms with Crippen LogP contribution in [0.1, 0.15) is 0 Å². The van der Waals surface area contributed by atoms with E-state index in [1.54, 1.807) is 0 Å². The van der Waals surface area contributed by atoms with Gasteiger partial charge in [-0.25, -0.2) is 4.98 Å². The average molecular weight is 260 g/mol. The molecular formula is C3H4Br2N2S. The summed E-state index contributed by atoms with van der Waals surface area (Å²) in [5, 5.41) is 2.45. The molecule has 0 bridgehead atoms. The van der Waals surface area contributed by atoms with Crippen molar-refractivity contribution in [1.29, 1.82) is 0 Å². The first kappa shape index (κ1) is 8.39. The molecule has 8 heavy (non-hydrogen) atoms. The van der Waals surface area contributed by atoms with Gasteiger partial charge in [0.25, 0.3) is 0 Å². The molecule has 0 unspecified atom stereocenters. The normalized spacial score (nSPS) is 8.12. The van der Waals surface area contributed by atoms with Crippen molar-refractivity contribution in [3.8, 4) is 0 Å². The maximum Gasteiger partial charge on any atom is 0.181 e. The van der Waals surface area contributed by atoms with E-state index >= 15 is 0 Å². The van der Waals surface area contributed by atoms with Crippen molar-refractivity contribution in [2.75, 3.05) is 5.73 Å². The Balaban J connectivity index is 0.000000490. The lowest BCUT2D eigenvalue weighted by atomic mass is 11.0. The second-order valence-electron chi connectivity index (χ2n) is 1.01. The van der Waals surface area contributed by atoms with Crippen LogP contribution in [0.3, 0.4) is 0 Å². The van der Waals surface area contributed by atoms with E-state index in [4.69, 9.17) is 5.73 Å². The molecule has 0 saturated heterocycles. The van der Waals surface area contributed by atoms with Gasteiger partial charge in [-0.1, -0.05) is 0 Å². The molecule has 0 aliphatic rings. The predicted octanol–water partition coefficient (Wildman–Crippen LogP) is 2.07. The third-order valence-electron chi connectivity index (χ3n) is 0.494. The minimum atomic E-state index is 0. The van der Waals surface area contributed by atoms with Gasteiger partial charge in [0.2, 0.25) is 0 Å². The van der Waals surface area contributed by atoms with Crippen LogP contribution in [0.5, 0.6) is 0 Å². The fourth-order valence-electron chi connectivity index (χ4n) is 0.267. The smallest absolute Gasteiger partial charge is 0.181 e. The Bertz CT molecular complexity index is 148. The molecule has 2 nitrogen and oxygen atoms in total. The van der Waals surface area contributed by atoms with Gasteiger partial charge in [-0.15, -0.1) is 28.3 Å². The maximum atomic E-state index is 5.26. The molecule has 2 N–H and O–H groups in total. The summed E-state index contributed by atoms with van der Waals surface area (Å²) in [6.07, 6.45) is 0. The van der Waals surface area contributed by atoms with E-state index in [1.807, 2.05) is 5.38 Å². The lowest BCUT2D eigenvalue weighted by Crippen LogP contribution is -1.78. The lowest BCUT2D eigenvalue weighted by molar-refractivity contribution is 1.37. The van der Waals surface area contributed by atoms with Crippen LogP contribution in [-0.2, 0) is 0 Å². The highest BCUT2D eigenvalue weighted by atomic mass is 79.9. The van der Waals surface area contributed by atoms with E-state index in [1.165, 1.54) is 11.3 Å². The molecule has 1 aromatic heterocycles. The van der Waals surface area contributed by atoms with Gasteiger partial charge in [-0.2, -0.15) is 0 Å². The van der Waals surface area contributed by atoms with E-state index in [2.05, 4.69) is 20.9 Å². The number of nitrogens with two attached hydrogens (primary N) is 1. The van der Waals surface area contributed by atoms with Crippen LogP contribution in [0.4, 0.5) is 5.13 Å². The topological polar surface area (TPSA) is 38.9 Å². The number of anilines is 1. The lowest BCUT2D eigenvalue weighted by Gasteiger charge is -1.70. The fourth-order valence-corrected chi connectivity index (χ4v) is 1.28. The standard InChI is InChI=1S/C3H3BrN2S.BrH/c4-2-1-7-3(5)6-2;/h1H,(H2,5,6);1H. The van der Waals surface area contributed by atoms with E-state index in [0.717, 1.165) is 4.60 Å². The molecule has 0 saturated carbocycles. The van der Waals surface area contributed by atoms with Crippen LogP contribution in [0, 0.1) is 0 Å². The van der Waals surface area contributed by atoms with Gasteiger partial charge in [0.15, 0.2) is 5.13 Å². The van der Waals surface area contributed by atoms with Crippen molar-refractivity contribution >= 4 is 49.4 Å². The maximum absolute atomic E-state index is 5.26. The van der Waals surface area contributed by atoms with Gasteiger partial charge >= 0.3 is 0 Å². The predicted molar refractivity (Wildman–Crippen MR) is 44.5 cm³/mol. The minimum absolute atomic E-state index is 0. The van der Waals surface area contributed by atoms with Gasteiger partial charge in [-0.3, -0.25) is 0 Å². The third-order valence-corrected chi connectivity index (χ3v) is 1.88. The number of nitrogens with zero attached hydrogens (tertiary/aromatic N) is 1. The van der Waals surface area contributed by atoms with Gasteiger partial charge in [0.1, 0.15) is 4.60 Å². The summed E-state index contributed by atoms with van der Waals surface area (Å²) in [5.74, 6) is 0. The van der Waals surface area contributed by atoms with Crippen molar-refractivity contribution in [2.45, 2.75) is 0 Å². The van der Waals surface area contributed by atoms with Gasteiger partial charge in [0, 0.05) is 5.38 Å². The van der Waals surface area contributed by atoms with Crippen molar-refractivity contribution in [1.82, 2.24) is 4.98 Å². The summed E-state index contributed by atoms with van der Waals surface area (Å²) < 4.78 is 0.815. The van der Waals surface area contributed by atoms with Gasteiger partial charge < -0.3 is 5.73 Å². The molecule has 5 heteroatoms. The Morgan fingerprint density at radius 1 is 1.75 bits per heavy atom. The first-order chi connectivity index (χ1) is 3.29. The van der Waals surface area contributed by atoms with Gasteiger partial charge in [-0.05, 0) is 15.9 Å². The van der Waals surface area contributed by atoms with Crippen molar-refractivity contribution < 1.29 is 0 Å². The summed E-state index contributed by atoms with van der Waals surface area (Å²) in [6, 6.07) is 0. The van der Waals surface area contributed by atoms with Crippen molar-refractivity contribution in [3.63, 3.8) is 0 Å². The summed E-state index contributed by atoms with van der Waals surface area (Å²) in [4.78, 5) is 3.82. The third kappa shape index (κ3) is 2.11. The molecule has 0 aromatic carbocycles. The average Bonchev–Trinajstić information content (AvgIpc) is 1.87. The first-order valence-corrected chi connectivity index (χ1v) is 3.33. The fraction of sp³-hybridized carbons (Fsp3) is 0. The summed E-state index contributed by atoms with van der Waals surface area (Å²) >= 11 is 4.58. The number of nitrogen functional groups attached to an aromatic ring is 1. The van der Waals surface area contributed by atoms with Crippen LogP contribution in [0.15, 0.2) is 9.98 Å². The van der Waals surface area contributed by atoms with Crippen LogP contribution >= 0.6 is 44.2 Å². The Morgan fingerprint density at radius 2 is 2.38 bits per heavy atom. The largest absolute Gasteiger partial charge is 0.375 e. The summed E-state index contributed by atoms with van der Waals surface area (Å²) in [6.45, 7) is 0. The molecule has 46 valence electrons. The highest BCUT2D eigenvalue weighted by Crippen LogP contribution is 2.15. The SMILES string of the molecule is Br.Nc1nc(Br)cs1. The zero-order valence-corrected chi connectivity index (χ0v) is 7.91.